The highest BCUT2D eigenvalue weighted by Gasteiger charge is 2.21. The molecule has 0 amide bonds. The van der Waals surface area contributed by atoms with Crippen molar-refractivity contribution in [2.75, 3.05) is 11.4 Å². The summed E-state index contributed by atoms with van der Waals surface area (Å²) in [6, 6.07) is 8.49. The van der Waals surface area contributed by atoms with Crippen LogP contribution in [0.2, 0.25) is 0 Å². The van der Waals surface area contributed by atoms with Crippen molar-refractivity contribution >= 4 is 32.8 Å². The largest absolute Gasteiger partial charge is 0.357 e. The Morgan fingerprint density at radius 1 is 1.15 bits per heavy atom. The molecule has 0 spiro atoms. The van der Waals surface area contributed by atoms with Gasteiger partial charge in [0, 0.05) is 35.5 Å². The lowest BCUT2D eigenvalue weighted by molar-refractivity contribution is 0.700. The molecule has 1 aromatic carbocycles. The molecule has 5 heteroatoms. The first-order chi connectivity index (χ1) is 9.81. The monoisotopic (exact) mass is 328 g/mol. The summed E-state index contributed by atoms with van der Waals surface area (Å²) in [5.41, 5.74) is 3.94. The molecular weight excluding hydrogens is 316 g/mol. The Kier molecular flexibility index (Phi) is 2.73. The average Bonchev–Trinajstić information content (AvgIpc) is 2.85. The Bertz CT molecular complexity index is 763. The van der Waals surface area contributed by atoms with E-state index in [-0.39, 0.29) is 0 Å². The number of para-hydroxylation sites is 1. The maximum atomic E-state index is 4.38. The molecule has 0 atom stereocenters. The van der Waals surface area contributed by atoms with E-state index in [2.05, 4.69) is 60.0 Å². The minimum atomic E-state index is 0.789. The Morgan fingerprint density at radius 2 is 1.95 bits per heavy atom. The highest BCUT2D eigenvalue weighted by atomic mass is 79.9. The van der Waals surface area contributed by atoms with Crippen molar-refractivity contribution in [3.8, 4) is 0 Å². The second kappa shape index (κ2) is 4.59. The van der Waals surface area contributed by atoms with E-state index in [1.807, 2.05) is 0 Å². The molecule has 2 aromatic heterocycles. The molecule has 4 rings (SSSR count). The summed E-state index contributed by atoms with van der Waals surface area (Å²) >= 11 is 3.37. The molecule has 4 nitrogen and oxygen atoms in total. The third-order valence-electron chi connectivity index (χ3n) is 3.77. The Hall–Kier alpha value is -1.88. The van der Waals surface area contributed by atoms with Crippen molar-refractivity contribution in [3.05, 3.63) is 52.4 Å². The van der Waals surface area contributed by atoms with Crippen LogP contribution in [0.4, 0.5) is 5.95 Å². The lowest BCUT2D eigenvalue weighted by Gasteiger charge is -2.26. The number of hydrogen-bond donors (Lipinski definition) is 1. The highest BCUT2D eigenvalue weighted by Crippen LogP contribution is 2.28. The van der Waals surface area contributed by atoms with Crippen LogP contribution in [0.1, 0.15) is 11.3 Å². The SMILES string of the molecule is Brc1cnc(N2CCc3c([nH]c4ccccc34)C2)nc1. The van der Waals surface area contributed by atoms with Crippen molar-refractivity contribution in [1.29, 1.82) is 0 Å². The van der Waals surface area contributed by atoms with Gasteiger partial charge in [0.25, 0.3) is 0 Å². The number of fused-ring (bicyclic) bond motifs is 3. The quantitative estimate of drug-likeness (QED) is 0.745. The number of nitrogens with zero attached hydrogens (tertiary/aromatic N) is 3. The van der Waals surface area contributed by atoms with E-state index in [1.165, 1.54) is 22.2 Å². The van der Waals surface area contributed by atoms with Gasteiger partial charge in [-0.15, -0.1) is 0 Å². The zero-order valence-corrected chi connectivity index (χ0v) is 12.4. The van der Waals surface area contributed by atoms with Crippen LogP contribution in [0.25, 0.3) is 10.9 Å². The minimum absolute atomic E-state index is 0.789. The Morgan fingerprint density at radius 3 is 2.80 bits per heavy atom. The smallest absolute Gasteiger partial charge is 0.225 e. The van der Waals surface area contributed by atoms with Gasteiger partial charge >= 0.3 is 0 Å². The lowest BCUT2D eigenvalue weighted by atomic mass is 10.0. The van der Waals surface area contributed by atoms with Crippen LogP contribution in [0.15, 0.2) is 41.1 Å². The number of aromatic nitrogens is 3. The summed E-state index contributed by atoms with van der Waals surface area (Å²) in [4.78, 5) is 14.5. The molecule has 0 aliphatic carbocycles. The van der Waals surface area contributed by atoms with E-state index in [1.54, 1.807) is 12.4 Å². The molecule has 1 aliphatic heterocycles. The predicted octanol–water partition coefficient (Wildman–Crippen LogP) is 3.28. The van der Waals surface area contributed by atoms with Gasteiger partial charge in [0.15, 0.2) is 0 Å². The van der Waals surface area contributed by atoms with Crippen LogP contribution in [-0.2, 0) is 13.0 Å². The van der Waals surface area contributed by atoms with Crippen LogP contribution in [0.3, 0.4) is 0 Å². The topological polar surface area (TPSA) is 44.8 Å². The van der Waals surface area contributed by atoms with Gasteiger partial charge in [-0.05, 0) is 34.0 Å². The standard InChI is InChI=1S/C15H13BrN4/c16-10-7-17-15(18-8-10)20-6-5-12-11-3-1-2-4-13(11)19-14(12)9-20/h1-4,7-8,19H,5-6,9H2. The van der Waals surface area contributed by atoms with Crippen LogP contribution in [0, 0.1) is 0 Å². The van der Waals surface area contributed by atoms with Crippen molar-refractivity contribution < 1.29 is 0 Å². The second-order valence-corrected chi connectivity index (χ2v) is 5.92. The highest BCUT2D eigenvalue weighted by molar-refractivity contribution is 9.10. The minimum Gasteiger partial charge on any atom is -0.357 e. The molecule has 0 bridgehead atoms. The zero-order chi connectivity index (χ0) is 13.5. The van der Waals surface area contributed by atoms with Crippen LogP contribution in [-0.4, -0.2) is 21.5 Å². The van der Waals surface area contributed by atoms with Crippen molar-refractivity contribution in [3.63, 3.8) is 0 Å². The van der Waals surface area contributed by atoms with Gasteiger partial charge in [-0.2, -0.15) is 0 Å². The fraction of sp³-hybridized carbons (Fsp3) is 0.200. The number of nitrogens with one attached hydrogen (secondary N) is 1. The third-order valence-corrected chi connectivity index (χ3v) is 4.18. The summed E-state index contributed by atoms with van der Waals surface area (Å²) in [6.45, 7) is 1.79. The molecule has 0 saturated heterocycles. The number of benzene rings is 1. The number of hydrogen-bond acceptors (Lipinski definition) is 3. The van der Waals surface area contributed by atoms with Gasteiger partial charge in [-0.3, -0.25) is 0 Å². The van der Waals surface area contributed by atoms with Gasteiger partial charge in [0.2, 0.25) is 5.95 Å². The molecule has 3 aromatic rings. The fourth-order valence-corrected chi connectivity index (χ4v) is 3.04. The summed E-state index contributed by atoms with van der Waals surface area (Å²) in [7, 11) is 0. The van der Waals surface area contributed by atoms with E-state index in [4.69, 9.17) is 0 Å². The van der Waals surface area contributed by atoms with Crippen LogP contribution >= 0.6 is 15.9 Å². The molecule has 20 heavy (non-hydrogen) atoms. The molecular formula is C15H13BrN4. The van der Waals surface area contributed by atoms with Gasteiger partial charge in [-0.1, -0.05) is 18.2 Å². The lowest BCUT2D eigenvalue weighted by Crippen LogP contribution is -2.31. The number of rotatable bonds is 1. The summed E-state index contributed by atoms with van der Waals surface area (Å²) in [5, 5.41) is 1.35. The van der Waals surface area contributed by atoms with E-state index in [9.17, 15) is 0 Å². The van der Waals surface area contributed by atoms with E-state index in [0.29, 0.717) is 0 Å². The first kappa shape index (κ1) is 11.9. The Balaban J connectivity index is 1.71. The van der Waals surface area contributed by atoms with Crippen molar-refractivity contribution in [1.82, 2.24) is 15.0 Å². The maximum Gasteiger partial charge on any atom is 0.225 e. The number of H-pyrrole nitrogens is 1. The maximum absolute atomic E-state index is 4.38. The van der Waals surface area contributed by atoms with Gasteiger partial charge < -0.3 is 9.88 Å². The van der Waals surface area contributed by atoms with Gasteiger partial charge in [0.1, 0.15) is 0 Å². The first-order valence-electron chi connectivity index (χ1n) is 6.62. The molecule has 3 heterocycles. The molecule has 0 radical (unpaired) electrons. The van der Waals surface area contributed by atoms with E-state index < -0.39 is 0 Å². The third kappa shape index (κ3) is 1.89. The number of anilines is 1. The second-order valence-electron chi connectivity index (χ2n) is 5.00. The molecule has 100 valence electrons. The Labute approximate surface area is 125 Å². The number of halogens is 1. The molecule has 1 aliphatic rings. The normalized spacial score (nSPS) is 14.6. The van der Waals surface area contributed by atoms with Crippen molar-refractivity contribution in [2.24, 2.45) is 0 Å². The van der Waals surface area contributed by atoms with Crippen molar-refractivity contribution in [2.45, 2.75) is 13.0 Å². The van der Waals surface area contributed by atoms with Crippen LogP contribution < -0.4 is 4.90 Å². The molecule has 0 saturated carbocycles. The zero-order valence-electron chi connectivity index (χ0n) is 10.8. The number of aromatic amines is 1. The average molecular weight is 329 g/mol. The summed E-state index contributed by atoms with van der Waals surface area (Å²) in [5.74, 6) is 0.789. The molecule has 0 fully saturated rings. The first-order valence-corrected chi connectivity index (χ1v) is 7.41. The summed E-state index contributed by atoms with van der Waals surface area (Å²) < 4.78 is 0.907. The molecule has 1 N–H and O–H groups in total. The summed E-state index contributed by atoms with van der Waals surface area (Å²) in [6.07, 6.45) is 4.62. The van der Waals surface area contributed by atoms with E-state index >= 15 is 0 Å². The van der Waals surface area contributed by atoms with Gasteiger partial charge in [-0.25, -0.2) is 9.97 Å². The van der Waals surface area contributed by atoms with E-state index in [0.717, 1.165) is 29.9 Å². The molecule has 0 unspecified atom stereocenters. The van der Waals surface area contributed by atoms with Crippen LogP contribution in [0.5, 0.6) is 0 Å². The van der Waals surface area contributed by atoms with Gasteiger partial charge in [0.05, 0.1) is 11.0 Å². The predicted molar refractivity (Wildman–Crippen MR) is 82.8 cm³/mol. The fourth-order valence-electron chi connectivity index (χ4n) is 2.83.